The van der Waals surface area contributed by atoms with Gasteiger partial charge in [-0.2, -0.15) is 0 Å². The van der Waals surface area contributed by atoms with Gasteiger partial charge >= 0.3 is 5.97 Å². The maximum absolute atomic E-state index is 11.9. The smallest absolute Gasteiger partial charge is 0.336 e. The lowest BCUT2D eigenvalue weighted by Crippen LogP contribution is -2.03. The third kappa shape index (κ3) is 3.40. The highest BCUT2D eigenvalue weighted by Gasteiger charge is 2.04. The number of para-hydroxylation sites is 1. The standard InChI is InChI=1S/C18H15NO2S/c1-12-9-13(2)11-14(10-12)21-18(20)8-7-17-19-15-5-3-4-6-16(15)22-17/h3-11H,1-2H3. The van der Waals surface area contributed by atoms with Gasteiger partial charge in [-0.25, -0.2) is 9.78 Å². The topological polar surface area (TPSA) is 39.2 Å². The third-order valence-electron chi connectivity index (χ3n) is 3.09. The molecular weight excluding hydrogens is 294 g/mol. The summed E-state index contributed by atoms with van der Waals surface area (Å²) >= 11 is 1.54. The molecule has 0 atom stereocenters. The quantitative estimate of drug-likeness (QED) is 0.405. The van der Waals surface area contributed by atoms with Crippen LogP contribution in [0.5, 0.6) is 5.75 Å². The van der Waals surface area contributed by atoms with E-state index in [1.165, 1.54) is 6.08 Å². The number of aryl methyl sites for hydroxylation is 2. The first-order chi connectivity index (χ1) is 10.6. The second-order valence-electron chi connectivity index (χ2n) is 5.10. The summed E-state index contributed by atoms with van der Waals surface area (Å²) in [6.07, 6.45) is 3.10. The second kappa shape index (κ2) is 6.12. The molecule has 1 heterocycles. The molecule has 2 aromatic carbocycles. The number of rotatable bonds is 3. The lowest BCUT2D eigenvalue weighted by molar-refractivity contribution is -0.128. The van der Waals surface area contributed by atoms with Gasteiger partial charge in [0, 0.05) is 6.08 Å². The maximum Gasteiger partial charge on any atom is 0.336 e. The predicted molar refractivity (Wildman–Crippen MR) is 90.2 cm³/mol. The number of thiazole rings is 1. The van der Waals surface area contributed by atoms with Crippen LogP contribution >= 0.6 is 11.3 Å². The molecule has 4 heteroatoms. The van der Waals surface area contributed by atoms with Gasteiger partial charge < -0.3 is 4.74 Å². The summed E-state index contributed by atoms with van der Waals surface area (Å²) < 4.78 is 6.42. The first-order valence-corrected chi connectivity index (χ1v) is 7.75. The zero-order valence-electron chi connectivity index (χ0n) is 12.4. The van der Waals surface area contributed by atoms with E-state index in [2.05, 4.69) is 4.98 Å². The Kier molecular flexibility index (Phi) is 4.02. The average Bonchev–Trinajstić information content (AvgIpc) is 2.87. The lowest BCUT2D eigenvalue weighted by Gasteiger charge is -2.04. The second-order valence-corrected chi connectivity index (χ2v) is 6.16. The average molecular weight is 309 g/mol. The number of esters is 1. The highest BCUT2D eigenvalue weighted by Crippen LogP contribution is 2.22. The van der Waals surface area contributed by atoms with Crippen molar-refractivity contribution in [3.05, 3.63) is 64.7 Å². The molecule has 0 aliphatic heterocycles. The maximum atomic E-state index is 11.9. The van der Waals surface area contributed by atoms with Gasteiger partial charge in [0.15, 0.2) is 0 Å². The van der Waals surface area contributed by atoms with Crippen molar-refractivity contribution in [3.8, 4) is 5.75 Å². The van der Waals surface area contributed by atoms with E-state index in [0.29, 0.717) is 5.75 Å². The van der Waals surface area contributed by atoms with Gasteiger partial charge in [-0.15, -0.1) is 11.3 Å². The van der Waals surface area contributed by atoms with E-state index < -0.39 is 5.97 Å². The lowest BCUT2D eigenvalue weighted by atomic mass is 10.1. The Morgan fingerprint density at radius 2 is 1.86 bits per heavy atom. The molecule has 0 saturated carbocycles. The van der Waals surface area contributed by atoms with E-state index in [1.807, 2.05) is 56.3 Å². The van der Waals surface area contributed by atoms with Gasteiger partial charge in [0.05, 0.1) is 10.2 Å². The summed E-state index contributed by atoms with van der Waals surface area (Å²) in [5.74, 6) is 0.167. The van der Waals surface area contributed by atoms with Crippen LogP contribution in [0.2, 0.25) is 0 Å². The molecule has 0 aliphatic rings. The van der Waals surface area contributed by atoms with Crippen LogP contribution in [0.15, 0.2) is 48.5 Å². The number of carbonyl (C=O) groups is 1. The van der Waals surface area contributed by atoms with Crippen LogP contribution in [0.4, 0.5) is 0 Å². The van der Waals surface area contributed by atoms with E-state index in [-0.39, 0.29) is 0 Å². The Hall–Kier alpha value is -2.46. The Balaban J connectivity index is 1.73. The number of carbonyl (C=O) groups excluding carboxylic acids is 1. The van der Waals surface area contributed by atoms with E-state index in [9.17, 15) is 4.79 Å². The van der Waals surface area contributed by atoms with Crippen LogP contribution in [0.25, 0.3) is 16.3 Å². The summed E-state index contributed by atoms with van der Waals surface area (Å²) in [7, 11) is 0. The fourth-order valence-corrected chi connectivity index (χ4v) is 3.11. The van der Waals surface area contributed by atoms with Gasteiger partial charge in [0.2, 0.25) is 0 Å². The van der Waals surface area contributed by atoms with Crippen molar-refractivity contribution in [1.29, 1.82) is 0 Å². The van der Waals surface area contributed by atoms with Gasteiger partial charge in [-0.05, 0) is 55.3 Å². The first-order valence-electron chi connectivity index (χ1n) is 6.94. The zero-order valence-corrected chi connectivity index (χ0v) is 13.2. The van der Waals surface area contributed by atoms with Crippen LogP contribution in [-0.2, 0) is 4.79 Å². The van der Waals surface area contributed by atoms with Crippen molar-refractivity contribution in [3.63, 3.8) is 0 Å². The molecule has 22 heavy (non-hydrogen) atoms. The molecule has 0 aliphatic carbocycles. The number of aromatic nitrogens is 1. The normalized spacial score (nSPS) is 11.2. The minimum Gasteiger partial charge on any atom is -0.423 e. The van der Waals surface area contributed by atoms with Crippen molar-refractivity contribution in [1.82, 2.24) is 4.98 Å². The van der Waals surface area contributed by atoms with Crippen molar-refractivity contribution >= 4 is 33.6 Å². The van der Waals surface area contributed by atoms with Gasteiger partial charge in [0.25, 0.3) is 0 Å². The molecule has 0 bridgehead atoms. The van der Waals surface area contributed by atoms with E-state index >= 15 is 0 Å². The zero-order chi connectivity index (χ0) is 15.5. The molecule has 1 aromatic heterocycles. The summed E-state index contributed by atoms with van der Waals surface area (Å²) in [6.45, 7) is 3.95. The SMILES string of the molecule is Cc1cc(C)cc(OC(=O)C=Cc2nc3ccccc3s2)c1. The third-order valence-corrected chi connectivity index (χ3v) is 4.09. The molecule has 0 unspecified atom stereocenters. The van der Waals surface area contributed by atoms with Crippen molar-refractivity contribution < 1.29 is 9.53 Å². The van der Waals surface area contributed by atoms with Crippen LogP contribution in [-0.4, -0.2) is 11.0 Å². The minimum absolute atomic E-state index is 0.399. The summed E-state index contributed by atoms with van der Waals surface area (Å²) in [5, 5.41) is 0.790. The molecule has 110 valence electrons. The van der Waals surface area contributed by atoms with Crippen LogP contribution in [0.1, 0.15) is 16.1 Å². The van der Waals surface area contributed by atoms with Gasteiger partial charge in [-0.1, -0.05) is 18.2 Å². The summed E-state index contributed by atoms with van der Waals surface area (Å²) in [6, 6.07) is 13.6. The van der Waals surface area contributed by atoms with E-state index in [0.717, 1.165) is 26.4 Å². The molecular formula is C18H15NO2S. The summed E-state index contributed by atoms with van der Waals surface area (Å²) in [4.78, 5) is 16.3. The number of benzene rings is 2. The largest absolute Gasteiger partial charge is 0.423 e. The summed E-state index contributed by atoms with van der Waals surface area (Å²) in [5.41, 5.74) is 3.07. The molecule has 0 saturated heterocycles. The molecule has 3 nitrogen and oxygen atoms in total. The van der Waals surface area contributed by atoms with Crippen molar-refractivity contribution in [2.24, 2.45) is 0 Å². The molecule has 3 rings (SSSR count). The Morgan fingerprint density at radius 3 is 2.59 bits per heavy atom. The number of nitrogens with zero attached hydrogens (tertiary/aromatic N) is 1. The molecule has 0 radical (unpaired) electrons. The molecule has 0 spiro atoms. The predicted octanol–water partition coefficient (Wildman–Crippen LogP) is 4.53. The highest BCUT2D eigenvalue weighted by molar-refractivity contribution is 7.19. The first kappa shape index (κ1) is 14.5. The fraction of sp³-hybridized carbons (Fsp3) is 0.111. The number of hydrogen-bond donors (Lipinski definition) is 0. The van der Waals surface area contributed by atoms with Gasteiger partial charge in [0.1, 0.15) is 10.8 Å². The molecule has 0 amide bonds. The minimum atomic E-state index is -0.399. The number of ether oxygens (including phenoxy) is 1. The molecule has 3 aromatic rings. The Labute approximate surface area is 132 Å². The van der Waals surface area contributed by atoms with Crippen LogP contribution in [0.3, 0.4) is 0 Å². The Bertz CT molecular complexity index is 811. The van der Waals surface area contributed by atoms with Gasteiger partial charge in [-0.3, -0.25) is 0 Å². The monoisotopic (exact) mass is 309 g/mol. The van der Waals surface area contributed by atoms with Crippen LogP contribution in [0, 0.1) is 13.8 Å². The van der Waals surface area contributed by atoms with Crippen molar-refractivity contribution in [2.75, 3.05) is 0 Å². The molecule has 0 fully saturated rings. The number of fused-ring (bicyclic) bond motifs is 1. The van der Waals surface area contributed by atoms with E-state index in [1.54, 1.807) is 17.4 Å². The van der Waals surface area contributed by atoms with Crippen LogP contribution < -0.4 is 4.74 Å². The van der Waals surface area contributed by atoms with Crippen molar-refractivity contribution in [2.45, 2.75) is 13.8 Å². The molecule has 0 N–H and O–H groups in total. The Morgan fingerprint density at radius 1 is 1.14 bits per heavy atom. The fourth-order valence-electron chi connectivity index (χ4n) is 2.24. The number of hydrogen-bond acceptors (Lipinski definition) is 4. The highest BCUT2D eigenvalue weighted by atomic mass is 32.1. The van der Waals surface area contributed by atoms with E-state index in [4.69, 9.17) is 4.74 Å².